The zero-order chi connectivity index (χ0) is 21.3. The van der Waals surface area contributed by atoms with E-state index in [0.717, 1.165) is 21.1 Å². The molecule has 0 bridgehead atoms. The third-order valence-corrected chi connectivity index (χ3v) is 4.47. The molecule has 0 saturated heterocycles. The molecule has 154 valence electrons. The molecule has 0 fully saturated rings. The number of hydrogen-bond acceptors (Lipinski definition) is 6. The molecule has 3 aromatic heterocycles. The van der Waals surface area contributed by atoms with Crippen LogP contribution in [-0.4, -0.2) is 25.9 Å². The van der Waals surface area contributed by atoms with Gasteiger partial charge in [0, 0.05) is 23.3 Å². The average molecular weight is 413 g/mol. The second-order valence-electron chi connectivity index (χ2n) is 6.81. The van der Waals surface area contributed by atoms with E-state index in [1.54, 1.807) is 18.3 Å². The van der Waals surface area contributed by atoms with E-state index < -0.39 is 12.7 Å². The Balaban J connectivity index is 1.57. The highest BCUT2D eigenvalue weighted by molar-refractivity contribution is 5.79. The second kappa shape index (κ2) is 7.64. The van der Waals surface area contributed by atoms with E-state index in [-0.39, 0.29) is 0 Å². The molecule has 7 nitrogen and oxygen atoms in total. The Morgan fingerprint density at radius 2 is 1.93 bits per heavy atom. The van der Waals surface area contributed by atoms with Crippen molar-refractivity contribution in [3.63, 3.8) is 0 Å². The van der Waals surface area contributed by atoms with Crippen LogP contribution in [0.3, 0.4) is 0 Å². The topological polar surface area (TPSA) is 98.9 Å². The van der Waals surface area contributed by atoms with Crippen LogP contribution in [0.25, 0.3) is 22.2 Å². The first-order valence-corrected chi connectivity index (χ1v) is 9.00. The third kappa shape index (κ3) is 4.33. The molecule has 10 heteroatoms. The number of anilines is 2. The number of nitrogen functional groups attached to an aromatic ring is 1. The predicted molar refractivity (Wildman–Crippen MR) is 108 cm³/mol. The zero-order valence-electron chi connectivity index (χ0n) is 15.7. The summed E-state index contributed by atoms with van der Waals surface area (Å²) in [5.41, 5.74) is 9.06. The maximum Gasteiger partial charge on any atom is 0.408 e. The maximum atomic E-state index is 12.6. The first kappa shape index (κ1) is 19.6. The number of halogens is 3. The Bertz CT molecular complexity index is 1190. The van der Waals surface area contributed by atoms with Gasteiger partial charge >= 0.3 is 6.18 Å². The Morgan fingerprint density at radius 1 is 1.10 bits per heavy atom. The highest BCUT2D eigenvalue weighted by atomic mass is 19.4. The molecule has 4 N–H and O–H groups in total. The number of pyridine rings is 2. The van der Waals surface area contributed by atoms with E-state index in [0.29, 0.717) is 29.3 Å². The summed E-state index contributed by atoms with van der Waals surface area (Å²) in [6.07, 6.45) is -0.0190. The van der Waals surface area contributed by atoms with Gasteiger partial charge < -0.3 is 5.73 Å². The molecule has 4 aromatic rings. The molecule has 0 radical (unpaired) electrons. The van der Waals surface area contributed by atoms with Gasteiger partial charge in [0.1, 0.15) is 6.54 Å². The van der Waals surface area contributed by atoms with Crippen molar-refractivity contribution in [2.75, 3.05) is 10.7 Å². The lowest BCUT2D eigenvalue weighted by molar-refractivity contribution is -0.142. The molecule has 30 heavy (non-hydrogen) atoms. The van der Waals surface area contributed by atoms with Crippen LogP contribution in [0.2, 0.25) is 0 Å². The predicted octanol–water partition coefficient (Wildman–Crippen LogP) is 3.52. The fourth-order valence-corrected chi connectivity index (χ4v) is 3.11. The van der Waals surface area contributed by atoms with E-state index in [1.165, 1.54) is 17.4 Å². The van der Waals surface area contributed by atoms with Gasteiger partial charge in [0.15, 0.2) is 5.82 Å². The molecular weight excluding hydrogens is 395 g/mol. The van der Waals surface area contributed by atoms with Gasteiger partial charge in [-0.05, 0) is 35.9 Å². The molecule has 0 aliphatic heterocycles. The molecule has 3 heterocycles. The zero-order valence-corrected chi connectivity index (χ0v) is 15.7. The summed E-state index contributed by atoms with van der Waals surface area (Å²) in [4.78, 5) is 8.73. The molecule has 0 saturated carbocycles. The van der Waals surface area contributed by atoms with Crippen LogP contribution in [-0.2, 0) is 13.1 Å². The summed E-state index contributed by atoms with van der Waals surface area (Å²) in [5, 5.41) is 6.13. The number of fused-ring (bicyclic) bond motifs is 1. The molecule has 0 atom stereocenters. The summed E-state index contributed by atoms with van der Waals surface area (Å²) in [6.45, 7) is -0.840. The summed E-state index contributed by atoms with van der Waals surface area (Å²) in [7, 11) is 0. The number of hydrazine groups is 1. The number of nitrogens with two attached hydrogens (primary N) is 2. The summed E-state index contributed by atoms with van der Waals surface area (Å²) in [6, 6.07) is 12.8. The van der Waals surface area contributed by atoms with Gasteiger partial charge in [-0.1, -0.05) is 12.1 Å². The Labute approximate surface area is 169 Å². The van der Waals surface area contributed by atoms with E-state index in [4.69, 9.17) is 11.6 Å². The summed E-state index contributed by atoms with van der Waals surface area (Å²) in [5.74, 6) is 6.53. The van der Waals surface area contributed by atoms with Crippen LogP contribution >= 0.6 is 0 Å². The van der Waals surface area contributed by atoms with Gasteiger partial charge in [-0.15, -0.1) is 0 Å². The quantitative estimate of drug-likeness (QED) is 0.384. The molecule has 0 aliphatic carbocycles. The van der Waals surface area contributed by atoms with E-state index in [9.17, 15) is 13.2 Å². The molecule has 0 amide bonds. The fraction of sp³-hybridized carbons (Fsp3) is 0.150. The van der Waals surface area contributed by atoms with E-state index >= 15 is 0 Å². The number of rotatable bonds is 5. The van der Waals surface area contributed by atoms with Gasteiger partial charge in [0.05, 0.1) is 29.6 Å². The largest absolute Gasteiger partial charge is 0.408 e. The Morgan fingerprint density at radius 3 is 2.73 bits per heavy atom. The number of nitrogens with zero attached hydrogens (tertiary/aromatic N) is 5. The van der Waals surface area contributed by atoms with Gasteiger partial charge in [0.2, 0.25) is 0 Å². The van der Waals surface area contributed by atoms with Crippen LogP contribution < -0.4 is 16.6 Å². The number of aromatic nitrogens is 4. The number of alkyl halides is 3. The highest BCUT2D eigenvalue weighted by Gasteiger charge is 2.28. The minimum atomic E-state index is -4.35. The van der Waals surface area contributed by atoms with Crippen molar-refractivity contribution in [2.45, 2.75) is 19.3 Å². The molecule has 1 aromatic carbocycles. The third-order valence-electron chi connectivity index (χ3n) is 4.47. The average Bonchev–Trinajstić information content (AvgIpc) is 3.14. The lowest BCUT2D eigenvalue weighted by atomic mass is 10.1. The summed E-state index contributed by atoms with van der Waals surface area (Å²) >= 11 is 0. The lowest BCUT2D eigenvalue weighted by Gasteiger charge is -2.20. The lowest BCUT2D eigenvalue weighted by Crippen LogP contribution is -2.31. The van der Waals surface area contributed by atoms with E-state index in [1.807, 2.05) is 30.3 Å². The first-order valence-electron chi connectivity index (χ1n) is 9.00. The van der Waals surface area contributed by atoms with Crippen molar-refractivity contribution in [1.29, 1.82) is 0 Å². The molecule has 4 rings (SSSR count). The van der Waals surface area contributed by atoms with Crippen molar-refractivity contribution in [1.82, 2.24) is 19.7 Å². The monoisotopic (exact) mass is 413 g/mol. The standard InChI is InChI=1S/C20H18F3N7/c21-20(22,23)12-29-11-15(9-27-29)18-6-4-16(24)19(28-18)30(25)10-13-3-5-17-14(8-13)2-1-7-26-17/h1-9,11H,10,12,24-25H2. The normalized spacial score (nSPS) is 11.7. The van der Waals surface area contributed by atoms with Gasteiger partial charge in [-0.3, -0.25) is 14.7 Å². The van der Waals surface area contributed by atoms with Crippen molar-refractivity contribution in [2.24, 2.45) is 5.84 Å². The number of hydrogen-bond donors (Lipinski definition) is 2. The molecule has 0 unspecified atom stereocenters. The van der Waals surface area contributed by atoms with Crippen LogP contribution in [0.5, 0.6) is 0 Å². The molecule has 0 aliphatic rings. The SMILES string of the molecule is Nc1ccc(-c2cnn(CC(F)(F)F)c2)nc1N(N)Cc1ccc2ncccc2c1. The van der Waals surface area contributed by atoms with Crippen LogP contribution in [0, 0.1) is 0 Å². The van der Waals surface area contributed by atoms with E-state index in [2.05, 4.69) is 15.1 Å². The van der Waals surface area contributed by atoms with Gasteiger partial charge in [-0.2, -0.15) is 18.3 Å². The Hall–Kier alpha value is -3.66. The minimum absolute atomic E-state index is 0.322. The first-order chi connectivity index (χ1) is 14.3. The van der Waals surface area contributed by atoms with Crippen molar-refractivity contribution in [3.05, 3.63) is 66.6 Å². The van der Waals surface area contributed by atoms with Crippen LogP contribution in [0.4, 0.5) is 24.7 Å². The Kier molecular flexibility index (Phi) is 5.00. The smallest absolute Gasteiger partial charge is 0.396 e. The molecular formula is C20H18F3N7. The van der Waals surface area contributed by atoms with Crippen LogP contribution in [0.15, 0.2) is 61.1 Å². The maximum absolute atomic E-state index is 12.6. The summed E-state index contributed by atoms with van der Waals surface area (Å²) < 4.78 is 38.5. The van der Waals surface area contributed by atoms with Crippen LogP contribution in [0.1, 0.15) is 5.56 Å². The van der Waals surface area contributed by atoms with Crippen molar-refractivity contribution >= 4 is 22.4 Å². The highest BCUT2D eigenvalue weighted by Crippen LogP contribution is 2.26. The molecule has 0 spiro atoms. The van der Waals surface area contributed by atoms with Gasteiger partial charge in [0.25, 0.3) is 0 Å². The van der Waals surface area contributed by atoms with Crippen molar-refractivity contribution < 1.29 is 13.2 Å². The minimum Gasteiger partial charge on any atom is -0.396 e. The van der Waals surface area contributed by atoms with Crippen molar-refractivity contribution in [3.8, 4) is 11.3 Å². The van der Waals surface area contributed by atoms with Gasteiger partial charge in [-0.25, -0.2) is 10.8 Å². The fourth-order valence-electron chi connectivity index (χ4n) is 3.11. The second-order valence-corrected chi connectivity index (χ2v) is 6.81. The number of benzene rings is 1.